The second-order valence-corrected chi connectivity index (χ2v) is 8.42. The summed E-state index contributed by atoms with van der Waals surface area (Å²) in [6, 6.07) is 2.24. The second kappa shape index (κ2) is 12.6. The van der Waals surface area contributed by atoms with Crippen molar-refractivity contribution in [1.82, 2.24) is 0 Å². The van der Waals surface area contributed by atoms with E-state index in [-0.39, 0.29) is 12.5 Å². The maximum atomic E-state index is 12.1. The predicted octanol–water partition coefficient (Wildman–Crippen LogP) is 3.40. The van der Waals surface area contributed by atoms with E-state index < -0.39 is 24.3 Å². The zero-order valence-corrected chi connectivity index (χ0v) is 12.8. The van der Waals surface area contributed by atoms with Gasteiger partial charge in [0.15, 0.2) is 0 Å². The topological polar surface area (TPSA) is 47.6 Å². The number of alkyl halides is 2. The summed E-state index contributed by atoms with van der Waals surface area (Å²) in [4.78, 5) is 0. The Labute approximate surface area is 109 Å². The molecule has 0 saturated carbocycles. The number of hydrogen-bond donors (Lipinski definition) is 0. The van der Waals surface area contributed by atoms with Gasteiger partial charge in [-0.3, -0.25) is 8.22 Å². The van der Waals surface area contributed by atoms with Gasteiger partial charge >= 0.3 is 8.74 Å². The van der Waals surface area contributed by atoms with Crippen LogP contribution >= 0.6 is 0 Å². The molecule has 2 nitrogen and oxygen atoms in total. The molecule has 0 saturated heterocycles. The van der Waals surface area contributed by atoms with Gasteiger partial charge in [-0.05, 0) is 25.4 Å². The molecule has 0 aliphatic heterocycles. The molecule has 0 aliphatic rings. The van der Waals surface area contributed by atoms with Gasteiger partial charge in [0.05, 0.1) is 12.1 Å². The van der Waals surface area contributed by atoms with Crippen LogP contribution in [0.4, 0.5) is 17.0 Å². The molecular formula is C10H18F4N2Si2. The molecule has 0 aliphatic carbocycles. The first kappa shape index (κ1) is 19.5. The lowest BCUT2D eigenvalue weighted by Gasteiger charge is -2.02. The zero-order chi connectivity index (χ0) is 14.4. The normalized spacial score (nSPS) is 10.9. The molecule has 0 spiro atoms. The van der Waals surface area contributed by atoms with Crippen LogP contribution in [0.25, 0.3) is 0 Å². The molecule has 104 valence electrons. The highest BCUT2D eigenvalue weighted by Crippen LogP contribution is 2.15. The van der Waals surface area contributed by atoms with Crippen molar-refractivity contribution in [2.75, 3.05) is 0 Å². The van der Waals surface area contributed by atoms with Crippen LogP contribution in [0.1, 0.15) is 25.7 Å². The maximum absolute atomic E-state index is 12.1. The third-order valence-corrected chi connectivity index (χ3v) is 4.44. The molecule has 0 N–H and O–H groups in total. The lowest BCUT2D eigenvalue weighted by molar-refractivity contribution is 0.237. The summed E-state index contributed by atoms with van der Waals surface area (Å²) >= 11 is 0. The Bertz CT molecular complexity index is 269. The minimum Gasteiger partial charge on any atom is -0.271 e. The Morgan fingerprint density at radius 1 is 1.11 bits per heavy atom. The van der Waals surface area contributed by atoms with Gasteiger partial charge in [-0.2, -0.15) is 10.5 Å². The van der Waals surface area contributed by atoms with Gasteiger partial charge in [0.25, 0.3) is 0 Å². The van der Waals surface area contributed by atoms with Crippen LogP contribution in [-0.4, -0.2) is 24.3 Å². The molecule has 0 aromatic carbocycles. The third-order valence-electron chi connectivity index (χ3n) is 1.87. The Hall–Kier alpha value is -0.866. The van der Waals surface area contributed by atoms with Gasteiger partial charge < -0.3 is 0 Å². The van der Waals surface area contributed by atoms with Gasteiger partial charge in [-0.25, -0.2) is 8.78 Å². The summed E-state index contributed by atoms with van der Waals surface area (Å²) in [7, 11) is -5.00. The number of nitrogens with zero attached hydrogens (tertiary/aromatic N) is 2. The highest BCUT2D eigenvalue weighted by molar-refractivity contribution is 6.64. The van der Waals surface area contributed by atoms with Crippen molar-refractivity contribution in [1.29, 1.82) is 10.5 Å². The first-order valence-corrected chi connectivity index (χ1v) is 10.0. The smallest absolute Gasteiger partial charge is 0.271 e. The van der Waals surface area contributed by atoms with E-state index in [2.05, 4.69) is 0 Å². The lowest BCUT2D eigenvalue weighted by atomic mass is 10.4. The van der Waals surface area contributed by atoms with Crippen molar-refractivity contribution >= 4 is 18.3 Å². The van der Waals surface area contributed by atoms with E-state index in [1.54, 1.807) is 0 Å². The SMILES string of the molecule is C[Si](F)(F)CCCC#N.N#CCCC[SiH2]C(F)F. The molecule has 0 unspecified atom stereocenters. The number of unbranched alkanes of at least 4 members (excludes halogenated alkanes) is 2. The second-order valence-electron chi connectivity index (χ2n) is 3.88. The molecule has 0 heterocycles. The van der Waals surface area contributed by atoms with E-state index in [9.17, 15) is 17.0 Å². The number of rotatable bonds is 7. The van der Waals surface area contributed by atoms with E-state index in [4.69, 9.17) is 10.5 Å². The van der Waals surface area contributed by atoms with Crippen LogP contribution in [0.5, 0.6) is 0 Å². The molecule has 0 aromatic heterocycles. The van der Waals surface area contributed by atoms with E-state index in [1.807, 2.05) is 12.1 Å². The standard InChI is InChI=1S/2C5H9F2NSi/c1-9(6,7)5-3-2-4-8;6-5(7)9-4-2-1-3-8/h2-3,5H2,1H3;5H,1-2,4,9H2. The van der Waals surface area contributed by atoms with Gasteiger partial charge in [0.1, 0.15) is 9.52 Å². The van der Waals surface area contributed by atoms with Crippen LogP contribution in [0.15, 0.2) is 0 Å². The van der Waals surface area contributed by atoms with E-state index >= 15 is 0 Å². The lowest BCUT2D eigenvalue weighted by Crippen LogP contribution is -2.14. The Kier molecular flexibility index (Phi) is 13.6. The van der Waals surface area contributed by atoms with Crippen molar-refractivity contribution < 1.29 is 17.0 Å². The Morgan fingerprint density at radius 2 is 1.61 bits per heavy atom. The van der Waals surface area contributed by atoms with Crippen LogP contribution in [0, 0.1) is 22.7 Å². The minimum absolute atomic E-state index is 0.0411. The molecule has 0 fully saturated rings. The number of hydrogen-bond acceptors (Lipinski definition) is 2. The summed E-state index contributed by atoms with van der Waals surface area (Å²) in [5.74, 6) is 0. The van der Waals surface area contributed by atoms with Crippen molar-refractivity contribution in [3.8, 4) is 12.1 Å². The fourth-order valence-electron chi connectivity index (χ4n) is 0.981. The van der Waals surface area contributed by atoms with Crippen LogP contribution in [0.2, 0.25) is 18.6 Å². The molecule has 0 bridgehead atoms. The predicted molar refractivity (Wildman–Crippen MR) is 67.7 cm³/mol. The van der Waals surface area contributed by atoms with Crippen LogP contribution < -0.4 is 0 Å². The zero-order valence-electron chi connectivity index (χ0n) is 10.4. The highest BCUT2D eigenvalue weighted by atomic mass is 28.4. The molecule has 0 atom stereocenters. The van der Waals surface area contributed by atoms with E-state index in [0.717, 1.165) is 6.55 Å². The Balaban J connectivity index is 0. The average molecular weight is 298 g/mol. The van der Waals surface area contributed by atoms with Gasteiger partial charge in [0.2, 0.25) is 6.05 Å². The average Bonchev–Trinajstić information content (AvgIpc) is 2.24. The van der Waals surface area contributed by atoms with Gasteiger partial charge in [-0.15, -0.1) is 0 Å². The largest absolute Gasteiger partial charge is 0.422 e. The number of halogens is 4. The van der Waals surface area contributed by atoms with Gasteiger partial charge in [0, 0.05) is 12.8 Å². The summed E-state index contributed by atoms with van der Waals surface area (Å²) in [6.45, 7) is 1.00. The van der Waals surface area contributed by atoms with Crippen LogP contribution in [-0.2, 0) is 0 Å². The molecule has 18 heavy (non-hydrogen) atoms. The van der Waals surface area contributed by atoms with Crippen molar-refractivity contribution in [3.63, 3.8) is 0 Å². The fraction of sp³-hybridized carbons (Fsp3) is 0.800. The first-order valence-electron chi connectivity index (χ1n) is 5.73. The molecule has 0 rings (SSSR count). The molecule has 0 aromatic rings. The summed E-state index contributed by atoms with van der Waals surface area (Å²) in [6.07, 6.45) is 1.70. The highest BCUT2D eigenvalue weighted by Gasteiger charge is 2.26. The molecule has 8 heteroatoms. The van der Waals surface area contributed by atoms with Crippen molar-refractivity contribution in [2.45, 2.75) is 50.4 Å². The molecular weight excluding hydrogens is 280 g/mol. The summed E-state index contributed by atoms with van der Waals surface area (Å²) < 4.78 is 47.0. The summed E-state index contributed by atoms with van der Waals surface area (Å²) in [5.41, 5.74) is 0. The van der Waals surface area contributed by atoms with E-state index in [1.165, 1.54) is 0 Å². The van der Waals surface area contributed by atoms with E-state index in [0.29, 0.717) is 25.3 Å². The van der Waals surface area contributed by atoms with Crippen LogP contribution in [0.3, 0.4) is 0 Å². The summed E-state index contributed by atoms with van der Waals surface area (Å²) in [5, 5.41) is 16.0. The third kappa shape index (κ3) is 24.4. The fourth-order valence-corrected chi connectivity index (χ4v) is 2.63. The molecule has 0 radical (unpaired) electrons. The Morgan fingerprint density at radius 3 is 2.00 bits per heavy atom. The van der Waals surface area contributed by atoms with Crippen molar-refractivity contribution in [3.05, 3.63) is 0 Å². The maximum Gasteiger partial charge on any atom is 0.422 e. The number of nitriles is 2. The van der Waals surface area contributed by atoms with Gasteiger partial charge in [-0.1, -0.05) is 6.04 Å². The first-order chi connectivity index (χ1) is 8.33. The monoisotopic (exact) mass is 298 g/mol. The van der Waals surface area contributed by atoms with Crippen molar-refractivity contribution in [2.24, 2.45) is 0 Å². The molecule has 0 amide bonds. The quantitative estimate of drug-likeness (QED) is 0.313. The minimum atomic E-state index is -3.85.